The van der Waals surface area contributed by atoms with Gasteiger partial charge in [-0.05, 0) is 53.0 Å². The number of ether oxygens (including phenoxy) is 7. The lowest BCUT2D eigenvalue weighted by Crippen LogP contribution is -2.65. The second-order valence-corrected chi connectivity index (χ2v) is 14.0. The molecule has 312 valence electrons. The number of unbranched alkanes of at least 4 members (excludes halogenated alkanes) is 1. The molecule has 5 rings (SSSR count). The van der Waals surface area contributed by atoms with Crippen molar-refractivity contribution in [2.45, 2.75) is 138 Å². The molecular formula is C36H48N12O10. The van der Waals surface area contributed by atoms with Gasteiger partial charge in [0.05, 0.1) is 62.4 Å². The molecule has 22 heteroatoms. The monoisotopic (exact) mass is 808 g/mol. The van der Waals surface area contributed by atoms with Crippen LogP contribution in [-0.4, -0.2) is 120 Å². The summed E-state index contributed by atoms with van der Waals surface area (Å²) in [6.07, 6.45) is -13.9. The molecule has 0 amide bonds. The SMILES string of the molecule is CCCCO[C@H]1[C@H](OCc2ccccc2)[C@@H](OCc2ccccc2)[C@@H](O[C@@H]2[C@@H](O)[C@H](O[C@H]3O[C@H](CN=[N+]=[N-])[C@@H](O)[C@H](O)[C@H]3N=[N+]=[N-])[C@@H](N=[N+]=[N-])C[C@H]2N=[N+]=[N-])O[C@@H]1C. The minimum absolute atomic E-state index is 0.110. The van der Waals surface area contributed by atoms with Gasteiger partial charge in [0.25, 0.3) is 0 Å². The number of rotatable bonds is 19. The number of aliphatic hydroxyl groups is 3. The Balaban J connectivity index is 1.49. The van der Waals surface area contributed by atoms with Gasteiger partial charge in [-0.1, -0.05) is 94.5 Å². The quantitative estimate of drug-likeness (QED) is 0.0700. The zero-order chi connectivity index (χ0) is 41.4. The Labute approximate surface area is 333 Å². The van der Waals surface area contributed by atoms with Gasteiger partial charge in [-0.25, -0.2) is 0 Å². The van der Waals surface area contributed by atoms with Gasteiger partial charge in [0.2, 0.25) is 0 Å². The topological polar surface area (TPSA) is 320 Å². The van der Waals surface area contributed by atoms with Gasteiger partial charge in [0.15, 0.2) is 12.6 Å². The van der Waals surface area contributed by atoms with Crippen molar-refractivity contribution in [2.24, 2.45) is 20.5 Å². The molecule has 2 aromatic rings. The number of hydrogen-bond donors (Lipinski definition) is 3. The first-order valence-corrected chi connectivity index (χ1v) is 19.0. The second kappa shape index (κ2) is 22.4. The molecule has 2 saturated heterocycles. The summed E-state index contributed by atoms with van der Waals surface area (Å²) in [5.41, 5.74) is 39.0. The largest absolute Gasteiger partial charge is 0.390 e. The Hall–Kier alpha value is -4.72. The van der Waals surface area contributed by atoms with Crippen LogP contribution >= 0.6 is 0 Å². The minimum atomic E-state index is -1.76. The lowest BCUT2D eigenvalue weighted by molar-refractivity contribution is -0.342. The summed E-state index contributed by atoms with van der Waals surface area (Å²) in [5.74, 6) is 0. The number of nitrogens with zero attached hydrogens (tertiary/aromatic N) is 12. The van der Waals surface area contributed by atoms with Crippen molar-refractivity contribution < 1.29 is 48.5 Å². The van der Waals surface area contributed by atoms with Gasteiger partial charge in [-0.15, -0.1) is 0 Å². The molecule has 0 aromatic heterocycles. The second-order valence-electron chi connectivity index (χ2n) is 14.0. The van der Waals surface area contributed by atoms with Gasteiger partial charge < -0.3 is 48.5 Å². The third-order valence-electron chi connectivity index (χ3n) is 10.2. The number of hydrogen-bond acceptors (Lipinski definition) is 14. The summed E-state index contributed by atoms with van der Waals surface area (Å²) in [6.45, 7) is 4.13. The molecule has 0 spiro atoms. The summed E-state index contributed by atoms with van der Waals surface area (Å²) < 4.78 is 44.6. The van der Waals surface area contributed by atoms with E-state index in [0.717, 1.165) is 24.0 Å². The average molecular weight is 809 g/mol. The van der Waals surface area contributed by atoms with Crippen LogP contribution in [0, 0.1) is 0 Å². The van der Waals surface area contributed by atoms with E-state index >= 15 is 0 Å². The number of azide groups is 4. The molecule has 1 aliphatic carbocycles. The van der Waals surface area contributed by atoms with Crippen LogP contribution in [0.15, 0.2) is 81.1 Å². The van der Waals surface area contributed by atoms with Gasteiger partial charge in [0, 0.05) is 26.3 Å². The van der Waals surface area contributed by atoms with Crippen LogP contribution in [0.1, 0.15) is 44.2 Å². The van der Waals surface area contributed by atoms with E-state index in [1.165, 1.54) is 0 Å². The van der Waals surface area contributed by atoms with Gasteiger partial charge in [-0.3, -0.25) is 0 Å². The van der Waals surface area contributed by atoms with E-state index in [0.29, 0.717) is 6.61 Å². The highest BCUT2D eigenvalue weighted by Crippen LogP contribution is 2.37. The number of aliphatic hydroxyl groups excluding tert-OH is 3. The van der Waals surface area contributed by atoms with E-state index in [2.05, 4.69) is 40.1 Å². The van der Waals surface area contributed by atoms with Crippen molar-refractivity contribution in [1.29, 1.82) is 0 Å². The zero-order valence-corrected chi connectivity index (χ0v) is 31.9. The zero-order valence-electron chi connectivity index (χ0n) is 31.9. The molecule has 0 radical (unpaired) electrons. The van der Waals surface area contributed by atoms with Crippen LogP contribution in [0.5, 0.6) is 0 Å². The van der Waals surface area contributed by atoms with Crippen LogP contribution in [0.4, 0.5) is 0 Å². The van der Waals surface area contributed by atoms with Crippen molar-refractivity contribution in [2.75, 3.05) is 13.2 Å². The maximum atomic E-state index is 12.1. The van der Waals surface area contributed by atoms with E-state index in [4.69, 9.17) is 38.7 Å². The van der Waals surface area contributed by atoms with Crippen LogP contribution < -0.4 is 0 Å². The maximum Gasteiger partial charge on any atom is 0.187 e. The van der Waals surface area contributed by atoms with Crippen molar-refractivity contribution in [3.8, 4) is 0 Å². The van der Waals surface area contributed by atoms with E-state index in [1.54, 1.807) is 6.92 Å². The van der Waals surface area contributed by atoms with E-state index < -0.39 is 98.3 Å². The Kier molecular flexibility index (Phi) is 17.2. The molecule has 3 aliphatic rings. The molecule has 22 nitrogen and oxygen atoms in total. The molecular weight excluding hydrogens is 760 g/mol. The summed E-state index contributed by atoms with van der Waals surface area (Å²) in [4.78, 5) is 11.3. The molecule has 0 bridgehead atoms. The molecule has 58 heavy (non-hydrogen) atoms. The van der Waals surface area contributed by atoms with E-state index in [-0.39, 0.29) is 19.6 Å². The average Bonchev–Trinajstić information content (AvgIpc) is 3.23. The smallest absolute Gasteiger partial charge is 0.187 e. The normalized spacial score (nSPS) is 34.7. The fourth-order valence-electron chi connectivity index (χ4n) is 7.22. The van der Waals surface area contributed by atoms with Crippen LogP contribution in [0.2, 0.25) is 0 Å². The Bertz CT molecular complexity index is 1780. The molecule has 0 unspecified atom stereocenters. The Morgan fingerprint density at radius 3 is 1.78 bits per heavy atom. The highest BCUT2D eigenvalue weighted by Gasteiger charge is 2.54. The fourth-order valence-corrected chi connectivity index (χ4v) is 7.22. The van der Waals surface area contributed by atoms with E-state index in [9.17, 15) is 31.9 Å². The molecule has 15 atom stereocenters. The molecule has 3 N–H and O–H groups in total. The first-order valence-electron chi connectivity index (χ1n) is 19.0. The molecule has 2 heterocycles. The lowest BCUT2D eigenvalue weighted by Gasteiger charge is -2.49. The standard InChI is InChI=1S/C36H48N12O10/c1-3-4-15-52-30-20(2)55-36(34(54-19-22-13-9-6-10-14-22)33(30)53-18-21-11-7-5-8-12-21)58-32-24(43-47-39)16-23(42-46-38)31(29(32)51)57-35-26(44-48-40)28(50)27(49)25(56-35)17-41-45-37/h5-14,20,23-36,49-51H,3-4,15-19H2,1-2H3/t20-,23+,24-,25-,26-,27-,28-,29+,30-,31-,32+,33+,34-,35-,36-/m1/s1. The summed E-state index contributed by atoms with van der Waals surface area (Å²) in [7, 11) is 0. The molecule has 2 aromatic carbocycles. The third kappa shape index (κ3) is 11.3. The van der Waals surface area contributed by atoms with Gasteiger partial charge >= 0.3 is 0 Å². The molecule has 1 saturated carbocycles. The highest BCUT2D eigenvalue weighted by molar-refractivity contribution is 5.15. The fraction of sp³-hybridized carbons (Fsp3) is 0.667. The highest BCUT2D eigenvalue weighted by atomic mass is 16.7. The summed E-state index contributed by atoms with van der Waals surface area (Å²) >= 11 is 0. The first-order chi connectivity index (χ1) is 28.2. The predicted molar refractivity (Wildman–Crippen MR) is 203 cm³/mol. The van der Waals surface area contributed by atoms with Crippen molar-refractivity contribution >= 4 is 0 Å². The lowest BCUT2D eigenvalue weighted by atomic mass is 9.84. The van der Waals surface area contributed by atoms with Gasteiger partial charge in [0.1, 0.15) is 36.6 Å². The minimum Gasteiger partial charge on any atom is -0.390 e. The summed E-state index contributed by atoms with van der Waals surface area (Å²) in [6, 6.07) is 15.0. The summed E-state index contributed by atoms with van der Waals surface area (Å²) in [5, 5.41) is 48.3. The predicted octanol–water partition coefficient (Wildman–Crippen LogP) is 5.42. The Morgan fingerprint density at radius 2 is 1.22 bits per heavy atom. The van der Waals surface area contributed by atoms with Crippen LogP contribution in [0.25, 0.3) is 41.8 Å². The first kappa shape index (κ1) is 44.4. The number of benzene rings is 2. The van der Waals surface area contributed by atoms with Gasteiger partial charge in [-0.2, -0.15) is 0 Å². The molecule has 2 aliphatic heterocycles. The van der Waals surface area contributed by atoms with E-state index in [1.807, 2.05) is 67.6 Å². The maximum absolute atomic E-state index is 12.1. The van der Waals surface area contributed by atoms with Crippen LogP contribution in [0.3, 0.4) is 0 Å². The Morgan fingerprint density at radius 1 is 0.655 bits per heavy atom. The van der Waals surface area contributed by atoms with Crippen LogP contribution in [-0.2, 0) is 46.4 Å². The molecule has 3 fully saturated rings. The third-order valence-corrected chi connectivity index (χ3v) is 10.2. The van der Waals surface area contributed by atoms with Crippen molar-refractivity contribution in [3.05, 3.63) is 114 Å². The van der Waals surface area contributed by atoms with Crippen molar-refractivity contribution in [1.82, 2.24) is 0 Å². The van der Waals surface area contributed by atoms with Crippen molar-refractivity contribution in [3.63, 3.8) is 0 Å².